The summed E-state index contributed by atoms with van der Waals surface area (Å²) in [4.78, 5) is 22.1. The third-order valence-corrected chi connectivity index (χ3v) is 1.43. The molecule has 0 bridgehead atoms. The average molecular weight is 232 g/mol. The minimum absolute atomic E-state index is 0.128. The van der Waals surface area contributed by atoms with E-state index >= 15 is 0 Å². The molecule has 0 aromatic rings. The SMILES string of the molecule is CC(=O)OC(OC(=O)OC(C)(C)C)C(C)C. The summed E-state index contributed by atoms with van der Waals surface area (Å²) in [5.74, 6) is -0.626. The first-order valence-electron chi connectivity index (χ1n) is 5.18. The van der Waals surface area contributed by atoms with Crippen LogP contribution in [0.4, 0.5) is 4.79 Å². The largest absolute Gasteiger partial charge is 0.511 e. The van der Waals surface area contributed by atoms with Crippen LogP contribution >= 0.6 is 0 Å². The Bertz CT molecular complexity index is 252. The van der Waals surface area contributed by atoms with Crippen LogP contribution in [-0.2, 0) is 19.0 Å². The van der Waals surface area contributed by atoms with Crippen LogP contribution in [0.3, 0.4) is 0 Å². The fraction of sp³-hybridized carbons (Fsp3) is 0.818. The molecular weight excluding hydrogens is 212 g/mol. The predicted octanol–water partition coefficient (Wildman–Crippen LogP) is 2.48. The summed E-state index contributed by atoms with van der Waals surface area (Å²) in [5, 5.41) is 0. The molecule has 0 radical (unpaired) electrons. The van der Waals surface area contributed by atoms with Crippen LogP contribution in [0.15, 0.2) is 0 Å². The second-order valence-corrected chi connectivity index (χ2v) is 4.80. The molecule has 1 unspecified atom stereocenters. The third-order valence-electron chi connectivity index (χ3n) is 1.43. The van der Waals surface area contributed by atoms with E-state index in [2.05, 4.69) is 0 Å². The van der Waals surface area contributed by atoms with Crippen LogP contribution < -0.4 is 0 Å². The van der Waals surface area contributed by atoms with Gasteiger partial charge in [-0.15, -0.1) is 0 Å². The van der Waals surface area contributed by atoms with Crippen molar-refractivity contribution in [3.8, 4) is 0 Å². The molecule has 0 amide bonds. The molecule has 5 nitrogen and oxygen atoms in total. The van der Waals surface area contributed by atoms with Gasteiger partial charge in [0.2, 0.25) is 0 Å². The Kier molecular flexibility index (Phi) is 5.27. The third kappa shape index (κ3) is 7.09. The van der Waals surface area contributed by atoms with Crippen LogP contribution in [0, 0.1) is 5.92 Å². The van der Waals surface area contributed by atoms with Crippen molar-refractivity contribution in [3.05, 3.63) is 0 Å². The highest BCUT2D eigenvalue weighted by atomic mass is 16.8. The molecule has 0 aromatic heterocycles. The van der Waals surface area contributed by atoms with Crippen molar-refractivity contribution in [2.45, 2.75) is 53.4 Å². The van der Waals surface area contributed by atoms with E-state index in [1.807, 2.05) is 0 Å². The Labute approximate surface area is 96.1 Å². The molecule has 0 N–H and O–H groups in total. The van der Waals surface area contributed by atoms with Gasteiger partial charge in [0.25, 0.3) is 6.29 Å². The summed E-state index contributed by atoms with van der Waals surface area (Å²) in [6.45, 7) is 9.99. The maximum atomic E-state index is 11.3. The van der Waals surface area contributed by atoms with Crippen molar-refractivity contribution < 1.29 is 23.8 Å². The quantitative estimate of drug-likeness (QED) is 0.552. The lowest BCUT2D eigenvalue weighted by atomic mass is 10.2. The topological polar surface area (TPSA) is 61.8 Å². The number of hydrogen-bond donors (Lipinski definition) is 0. The first-order chi connectivity index (χ1) is 7.11. The molecule has 0 heterocycles. The number of rotatable bonds is 3. The zero-order chi connectivity index (χ0) is 12.9. The zero-order valence-corrected chi connectivity index (χ0v) is 10.7. The number of ether oxygens (including phenoxy) is 3. The molecule has 1 atom stereocenters. The van der Waals surface area contributed by atoms with Crippen molar-refractivity contribution in [1.29, 1.82) is 0 Å². The van der Waals surface area contributed by atoms with E-state index < -0.39 is 24.0 Å². The van der Waals surface area contributed by atoms with Gasteiger partial charge in [-0.3, -0.25) is 4.79 Å². The normalized spacial score (nSPS) is 13.2. The smallest absolute Gasteiger partial charge is 0.428 e. The minimum Gasteiger partial charge on any atom is -0.428 e. The predicted molar refractivity (Wildman–Crippen MR) is 57.7 cm³/mol. The van der Waals surface area contributed by atoms with Gasteiger partial charge in [-0.25, -0.2) is 4.79 Å². The van der Waals surface area contributed by atoms with Crippen molar-refractivity contribution in [1.82, 2.24) is 0 Å². The number of carbonyl (C=O) groups is 2. The molecule has 0 fully saturated rings. The molecular formula is C11H20O5. The van der Waals surface area contributed by atoms with Gasteiger partial charge >= 0.3 is 12.1 Å². The van der Waals surface area contributed by atoms with E-state index in [0.717, 1.165) is 0 Å². The Morgan fingerprint density at radius 2 is 1.56 bits per heavy atom. The molecule has 0 spiro atoms. The van der Waals surface area contributed by atoms with Gasteiger partial charge in [0.1, 0.15) is 5.60 Å². The molecule has 0 saturated carbocycles. The Balaban J connectivity index is 4.30. The van der Waals surface area contributed by atoms with Crippen LogP contribution in [0.1, 0.15) is 41.5 Å². The summed E-state index contributed by atoms with van der Waals surface area (Å²) in [6, 6.07) is 0. The highest BCUT2D eigenvalue weighted by Gasteiger charge is 2.25. The highest BCUT2D eigenvalue weighted by Crippen LogP contribution is 2.13. The Hall–Kier alpha value is -1.26. The fourth-order valence-corrected chi connectivity index (χ4v) is 0.829. The number of esters is 1. The summed E-state index contributed by atoms with van der Waals surface area (Å²) in [6.07, 6.45) is -1.75. The molecule has 0 aliphatic carbocycles. The second kappa shape index (κ2) is 5.72. The van der Waals surface area contributed by atoms with Gasteiger partial charge in [0.05, 0.1) is 0 Å². The van der Waals surface area contributed by atoms with E-state index in [0.29, 0.717) is 0 Å². The van der Waals surface area contributed by atoms with Crippen molar-refractivity contribution >= 4 is 12.1 Å². The number of carbonyl (C=O) groups excluding carboxylic acids is 2. The van der Waals surface area contributed by atoms with Crippen LogP contribution in [-0.4, -0.2) is 24.0 Å². The standard InChI is InChI=1S/C11H20O5/c1-7(2)9(14-8(3)12)15-10(13)16-11(4,5)6/h7,9H,1-6H3. The van der Waals surface area contributed by atoms with Crippen molar-refractivity contribution in [2.24, 2.45) is 5.92 Å². The zero-order valence-electron chi connectivity index (χ0n) is 10.7. The first kappa shape index (κ1) is 14.7. The van der Waals surface area contributed by atoms with Crippen molar-refractivity contribution in [3.63, 3.8) is 0 Å². The van der Waals surface area contributed by atoms with Gasteiger partial charge in [-0.1, -0.05) is 13.8 Å². The molecule has 0 aliphatic rings. The average Bonchev–Trinajstić information content (AvgIpc) is 1.97. The van der Waals surface area contributed by atoms with Gasteiger partial charge in [-0.05, 0) is 20.8 Å². The fourth-order valence-electron chi connectivity index (χ4n) is 0.829. The second-order valence-electron chi connectivity index (χ2n) is 4.80. The van der Waals surface area contributed by atoms with E-state index in [9.17, 15) is 9.59 Å². The Morgan fingerprint density at radius 1 is 1.06 bits per heavy atom. The maximum Gasteiger partial charge on any atom is 0.511 e. The van der Waals surface area contributed by atoms with Crippen LogP contribution in [0.2, 0.25) is 0 Å². The number of hydrogen-bond acceptors (Lipinski definition) is 5. The van der Waals surface area contributed by atoms with Crippen molar-refractivity contribution in [2.75, 3.05) is 0 Å². The van der Waals surface area contributed by atoms with E-state index in [1.54, 1.807) is 34.6 Å². The van der Waals surface area contributed by atoms with Gasteiger partial charge in [0, 0.05) is 12.8 Å². The van der Waals surface area contributed by atoms with Crippen LogP contribution in [0.25, 0.3) is 0 Å². The Morgan fingerprint density at radius 3 is 1.88 bits per heavy atom. The van der Waals surface area contributed by atoms with Gasteiger partial charge in [0.15, 0.2) is 0 Å². The first-order valence-corrected chi connectivity index (χ1v) is 5.18. The van der Waals surface area contributed by atoms with E-state index in [-0.39, 0.29) is 5.92 Å². The molecule has 5 heteroatoms. The lowest BCUT2D eigenvalue weighted by molar-refractivity contribution is -0.179. The molecule has 0 rings (SSSR count). The van der Waals surface area contributed by atoms with Gasteiger partial charge < -0.3 is 14.2 Å². The maximum absolute atomic E-state index is 11.3. The van der Waals surface area contributed by atoms with Crippen LogP contribution in [0.5, 0.6) is 0 Å². The lowest BCUT2D eigenvalue weighted by Crippen LogP contribution is -2.32. The molecule has 16 heavy (non-hydrogen) atoms. The molecule has 0 aromatic carbocycles. The lowest BCUT2D eigenvalue weighted by Gasteiger charge is -2.24. The summed E-state index contributed by atoms with van der Waals surface area (Å²) in [5.41, 5.74) is -0.630. The monoisotopic (exact) mass is 232 g/mol. The van der Waals surface area contributed by atoms with E-state index in [4.69, 9.17) is 14.2 Å². The minimum atomic E-state index is -0.910. The summed E-state index contributed by atoms with van der Waals surface area (Å²) >= 11 is 0. The molecule has 0 aliphatic heterocycles. The van der Waals surface area contributed by atoms with Gasteiger partial charge in [-0.2, -0.15) is 0 Å². The molecule has 0 saturated heterocycles. The van der Waals surface area contributed by atoms with E-state index in [1.165, 1.54) is 6.92 Å². The molecule has 94 valence electrons. The highest BCUT2D eigenvalue weighted by molar-refractivity contribution is 5.66. The summed E-state index contributed by atoms with van der Waals surface area (Å²) < 4.78 is 14.7. The summed E-state index contributed by atoms with van der Waals surface area (Å²) in [7, 11) is 0.